The number of nitrogens with two attached hydrogens (primary N) is 1. The molecule has 0 spiro atoms. The van der Waals surface area contributed by atoms with E-state index in [0.29, 0.717) is 6.54 Å². The normalized spacial score (nSPS) is 30.4. The Morgan fingerprint density at radius 1 is 1.40 bits per heavy atom. The third kappa shape index (κ3) is 2.68. The fraction of sp³-hybridized carbons (Fsp3) is 0.765. The van der Waals surface area contributed by atoms with Crippen LogP contribution in [0.5, 0.6) is 0 Å². The van der Waals surface area contributed by atoms with E-state index in [1.807, 2.05) is 6.92 Å². The van der Waals surface area contributed by atoms with Gasteiger partial charge in [0.1, 0.15) is 5.60 Å². The van der Waals surface area contributed by atoms with Crippen molar-refractivity contribution in [3.8, 4) is 0 Å². The number of hydrogen-bond donors (Lipinski definition) is 2. The Bertz CT molecular complexity index is 442. The molecule has 0 aromatic carbocycles. The largest absolute Gasteiger partial charge is 0.384 e. The van der Waals surface area contributed by atoms with Crippen LogP contribution >= 0.6 is 11.3 Å². The molecule has 1 saturated carbocycles. The summed E-state index contributed by atoms with van der Waals surface area (Å²) in [5.74, 6) is 1.52. The molecular weight excluding hydrogens is 266 g/mol. The van der Waals surface area contributed by atoms with Crippen LogP contribution in [0.25, 0.3) is 0 Å². The number of aliphatic hydroxyl groups is 1. The number of rotatable bonds is 4. The molecule has 3 N–H and O–H groups in total. The van der Waals surface area contributed by atoms with Gasteiger partial charge in [0.15, 0.2) is 0 Å². The molecule has 1 aliphatic carbocycles. The van der Waals surface area contributed by atoms with E-state index in [1.54, 1.807) is 11.3 Å². The van der Waals surface area contributed by atoms with Gasteiger partial charge in [0, 0.05) is 21.7 Å². The van der Waals surface area contributed by atoms with E-state index < -0.39 is 5.60 Å². The first-order valence-electron chi connectivity index (χ1n) is 7.82. The highest BCUT2D eigenvalue weighted by Crippen LogP contribution is 2.52. The summed E-state index contributed by atoms with van der Waals surface area (Å²) in [6, 6.07) is 4.17. The lowest BCUT2D eigenvalue weighted by atomic mass is 9.60. The van der Waals surface area contributed by atoms with Gasteiger partial charge >= 0.3 is 0 Å². The molecule has 0 saturated heterocycles. The highest BCUT2D eigenvalue weighted by molar-refractivity contribution is 7.12. The molecule has 1 heterocycles. The maximum absolute atomic E-state index is 11.2. The van der Waals surface area contributed by atoms with Crippen LogP contribution < -0.4 is 5.73 Å². The summed E-state index contributed by atoms with van der Waals surface area (Å²) in [4.78, 5) is 2.33. The summed E-state index contributed by atoms with van der Waals surface area (Å²) in [5.41, 5.74) is 5.17. The average molecular weight is 295 g/mol. The average Bonchev–Trinajstić information content (AvgIpc) is 2.86. The molecular formula is C17H29NOS. The maximum atomic E-state index is 11.2. The van der Waals surface area contributed by atoms with E-state index >= 15 is 0 Å². The van der Waals surface area contributed by atoms with E-state index in [9.17, 15) is 5.11 Å². The molecule has 0 aliphatic heterocycles. The van der Waals surface area contributed by atoms with Crippen molar-refractivity contribution in [1.29, 1.82) is 0 Å². The predicted molar refractivity (Wildman–Crippen MR) is 86.9 cm³/mol. The Morgan fingerprint density at radius 2 is 2.00 bits per heavy atom. The summed E-state index contributed by atoms with van der Waals surface area (Å²) in [6.45, 7) is 9.25. The van der Waals surface area contributed by atoms with Crippen LogP contribution in [0.15, 0.2) is 12.1 Å². The molecule has 20 heavy (non-hydrogen) atoms. The zero-order valence-electron chi connectivity index (χ0n) is 13.3. The van der Waals surface area contributed by atoms with Gasteiger partial charge in [-0.15, -0.1) is 11.3 Å². The highest BCUT2D eigenvalue weighted by atomic mass is 32.1. The first-order valence-corrected chi connectivity index (χ1v) is 8.63. The van der Waals surface area contributed by atoms with Crippen LogP contribution in [0.3, 0.4) is 0 Å². The van der Waals surface area contributed by atoms with Crippen LogP contribution in [-0.4, -0.2) is 11.7 Å². The molecule has 1 aliphatic rings. The van der Waals surface area contributed by atoms with E-state index in [-0.39, 0.29) is 5.41 Å². The molecule has 0 amide bonds. The van der Waals surface area contributed by atoms with Gasteiger partial charge in [0.05, 0.1) is 0 Å². The minimum Gasteiger partial charge on any atom is -0.384 e. The van der Waals surface area contributed by atoms with E-state index in [0.717, 1.165) is 29.6 Å². The van der Waals surface area contributed by atoms with Gasteiger partial charge in [-0.3, -0.25) is 0 Å². The van der Waals surface area contributed by atoms with Gasteiger partial charge < -0.3 is 10.8 Å². The number of aryl methyl sites for hydroxylation is 1. The Labute approximate surface area is 127 Å². The molecule has 1 atom stereocenters. The van der Waals surface area contributed by atoms with Crippen molar-refractivity contribution in [2.24, 2.45) is 23.0 Å². The predicted octanol–water partition coefficient (Wildman–Crippen LogP) is 4.06. The fourth-order valence-corrected chi connectivity index (χ4v) is 4.74. The fourth-order valence-electron chi connectivity index (χ4n) is 3.71. The lowest BCUT2D eigenvalue weighted by molar-refractivity contribution is -0.0978. The molecule has 0 bridgehead atoms. The SMILES string of the molecule is Cc1ccc(C(C)(O)C2(CN)CCC(C(C)C)CC2)s1. The summed E-state index contributed by atoms with van der Waals surface area (Å²) >= 11 is 1.70. The molecule has 2 nitrogen and oxygen atoms in total. The third-order valence-corrected chi connectivity index (χ3v) is 6.79. The van der Waals surface area contributed by atoms with Gasteiger partial charge in [-0.1, -0.05) is 13.8 Å². The second kappa shape index (κ2) is 5.78. The lowest BCUT2D eigenvalue weighted by Crippen LogP contribution is -2.50. The molecule has 1 unspecified atom stereocenters. The molecule has 1 aromatic heterocycles. The van der Waals surface area contributed by atoms with E-state index in [2.05, 4.69) is 32.9 Å². The van der Waals surface area contributed by atoms with Gasteiger partial charge in [0.25, 0.3) is 0 Å². The lowest BCUT2D eigenvalue weighted by Gasteiger charge is -2.49. The summed E-state index contributed by atoms with van der Waals surface area (Å²) in [7, 11) is 0. The van der Waals surface area contributed by atoms with Crippen LogP contribution in [0.4, 0.5) is 0 Å². The van der Waals surface area contributed by atoms with Crippen molar-refractivity contribution in [2.45, 2.75) is 59.0 Å². The zero-order chi connectivity index (χ0) is 15.0. The smallest absolute Gasteiger partial charge is 0.103 e. The highest BCUT2D eigenvalue weighted by Gasteiger charge is 2.49. The van der Waals surface area contributed by atoms with E-state index in [1.165, 1.54) is 17.7 Å². The molecule has 1 aromatic rings. The first kappa shape index (κ1) is 16.0. The Kier molecular flexibility index (Phi) is 4.63. The summed E-state index contributed by atoms with van der Waals surface area (Å²) in [6.07, 6.45) is 4.46. The van der Waals surface area contributed by atoms with Crippen molar-refractivity contribution in [3.05, 3.63) is 21.9 Å². The van der Waals surface area contributed by atoms with Crippen LogP contribution in [0.2, 0.25) is 0 Å². The standard InChI is InChI=1S/C17H29NOS/c1-12(2)14-7-9-17(11-18,10-8-14)16(4,19)15-6-5-13(3)20-15/h5-6,12,14,19H,7-11,18H2,1-4H3. The maximum Gasteiger partial charge on any atom is 0.103 e. The first-order chi connectivity index (χ1) is 9.32. The molecule has 2 rings (SSSR count). The Balaban J connectivity index is 2.23. The zero-order valence-corrected chi connectivity index (χ0v) is 14.1. The quantitative estimate of drug-likeness (QED) is 0.880. The monoisotopic (exact) mass is 295 g/mol. The van der Waals surface area contributed by atoms with Crippen molar-refractivity contribution >= 4 is 11.3 Å². The minimum absolute atomic E-state index is 0.157. The Hall–Kier alpha value is -0.380. The van der Waals surface area contributed by atoms with Gasteiger partial charge in [-0.2, -0.15) is 0 Å². The van der Waals surface area contributed by atoms with Crippen LogP contribution in [0.1, 0.15) is 56.2 Å². The molecule has 114 valence electrons. The third-order valence-electron chi connectivity index (χ3n) is 5.57. The van der Waals surface area contributed by atoms with Gasteiger partial charge in [0.2, 0.25) is 0 Å². The van der Waals surface area contributed by atoms with Crippen molar-refractivity contribution in [2.75, 3.05) is 6.54 Å². The minimum atomic E-state index is -0.803. The van der Waals surface area contributed by atoms with Crippen molar-refractivity contribution in [3.63, 3.8) is 0 Å². The second-order valence-electron chi connectivity index (χ2n) is 7.05. The summed E-state index contributed by atoms with van der Waals surface area (Å²) < 4.78 is 0. The summed E-state index contributed by atoms with van der Waals surface area (Å²) in [5, 5.41) is 11.2. The van der Waals surface area contributed by atoms with Gasteiger partial charge in [-0.05, 0) is 63.5 Å². The second-order valence-corrected chi connectivity index (χ2v) is 8.34. The van der Waals surface area contributed by atoms with Crippen LogP contribution in [-0.2, 0) is 5.60 Å². The topological polar surface area (TPSA) is 46.2 Å². The molecule has 0 radical (unpaired) electrons. The number of thiophene rings is 1. The van der Waals surface area contributed by atoms with Crippen molar-refractivity contribution in [1.82, 2.24) is 0 Å². The molecule has 1 fully saturated rings. The Morgan fingerprint density at radius 3 is 2.40 bits per heavy atom. The van der Waals surface area contributed by atoms with Gasteiger partial charge in [-0.25, -0.2) is 0 Å². The van der Waals surface area contributed by atoms with E-state index in [4.69, 9.17) is 5.73 Å². The number of hydrogen-bond acceptors (Lipinski definition) is 3. The van der Waals surface area contributed by atoms with Crippen LogP contribution in [0, 0.1) is 24.2 Å². The van der Waals surface area contributed by atoms with Crippen molar-refractivity contribution < 1.29 is 5.11 Å². The molecule has 3 heteroatoms.